The van der Waals surface area contributed by atoms with Gasteiger partial charge in [-0.3, -0.25) is 0 Å². The van der Waals surface area contributed by atoms with Crippen LogP contribution in [-0.2, 0) is 6.54 Å². The number of benzene rings is 1. The second-order valence-electron chi connectivity index (χ2n) is 4.89. The van der Waals surface area contributed by atoms with Crippen molar-refractivity contribution in [3.05, 3.63) is 65.4 Å². The third-order valence-electron chi connectivity index (χ3n) is 3.45. The number of anilines is 1. The maximum absolute atomic E-state index is 13.2. The standard InChI is InChI=1S/C16H16FN3/c1-11-9-13(6-7-14(11)17)18-10-15-12(2)19-16-5-3-4-8-20(15)16/h3-9,18H,10H2,1-2H3. The number of imidazole rings is 1. The minimum absolute atomic E-state index is 0.179. The molecule has 102 valence electrons. The first-order chi connectivity index (χ1) is 9.65. The van der Waals surface area contributed by atoms with Crippen molar-refractivity contribution in [2.24, 2.45) is 0 Å². The minimum Gasteiger partial charge on any atom is -0.379 e. The van der Waals surface area contributed by atoms with Gasteiger partial charge in [0, 0.05) is 11.9 Å². The van der Waals surface area contributed by atoms with Crippen LogP contribution in [0.5, 0.6) is 0 Å². The Kier molecular flexibility index (Phi) is 3.14. The zero-order chi connectivity index (χ0) is 14.1. The Morgan fingerprint density at radius 2 is 2.05 bits per heavy atom. The molecule has 1 N–H and O–H groups in total. The molecular formula is C16H16FN3. The molecule has 0 bridgehead atoms. The second-order valence-corrected chi connectivity index (χ2v) is 4.89. The summed E-state index contributed by atoms with van der Waals surface area (Å²) < 4.78 is 15.3. The lowest BCUT2D eigenvalue weighted by atomic mass is 10.2. The highest BCUT2D eigenvalue weighted by Crippen LogP contribution is 2.17. The van der Waals surface area contributed by atoms with E-state index in [4.69, 9.17) is 0 Å². The first-order valence-corrected chi connectivity index (χ1v) is 6.58. The Morgan fingerprint density at radius 3 is 2.85 bits per heavy atom. The molecular weight excluding hydrogens is 253 g/mol. The largest absolute Gasteiger partial charge is 0.379 e. The molecule has 0 spiro atoms. The predicted molar refractivity (Wildman–Crippen MR) is 78.4 cm³/mol. The molecule has 0 radical (unpaired) electrons. The van der Waals surface area contributed by atoms with Crippen LogP contribution in [0.1, 0.15) is 17.0 Å². The van der Waals surface area contributed by atoms with Crippen LogP contribution in [-0.4, -0.2) is 9.38 Å². The van der Waals surface area contributed by atoms with E-state index >= 15 is 0 Å². The lowest BCUT2D eigenvalue weighted by molar-refractivity contribution is 0.618. The van der Waals surface area contributed by atoms with Crippen LogP contribution in [0, 0.1) is 19.7 Å². The van der Waals surface area contributed by atoms with Gasteiger partial charge in [0.25, 0.3) is 0 Å². The number of nitrogens with one attached hydrogen (secondary N) is 1. The van der Waals surface area contributed by atoms with Gasteiger partial charge in [0.2, 0.25) is 0 Å². The summed E-state index contributed by atoms with van der Waals surface area (Å²) >= 11 is 0. The first kappa shape index (κ1) is 12.7. The van der Waals surface area contributed by atoms with Gasteiger partial charge in [-0.15, -0.1) is 0 Å². The van der Waals surface area contributed by atoms with E-state index < -0.39 is 0 Å². The Balaban J connectivity index is 1.86. The monoisotopic (exact) mass is 269 g/mol. The van der Waals surface area contributed by atoms with Crippen LogP contribution in [0.3, 0.4) is 0 Å². The zero-order valence-corrected chi connectivity index (χ0v) is 11.5. The van der Waals surface area contributed by atoms with E-state index in [0.29, 0.717) is 12.1 Å². The van der Waals surface area contributed by atoms with Gasteiger partial charge in [0.1, 0.15) is 11.5 Å². The number of pyridine rings is 1. The molecule has 0 fully saturated rings. The number of hydrogen-bond donors (Lipinski definition) is 1. The topological polar surface area (TPSA) is 29.3 Å². The smallest absolute Gasteiger partial charge is 0.137 e. The van der Waals surface area contributed by atoms with Crippen LogP contribution in [0.15, 0.2) is 42.6 Å². The molecule has 2 aromatic heterocycles. The van der Waals surface area contributed by atoms with E-state index in [0.717, 1.165) is 22.7 Å². The third kappa shape index (κ3) is 2.25. The molecule has 3 rings (SSSR count). The average Bonchev–Trinajstić information content (AvgIpc) is 2.76. The maximum Gasteiger partial charge on any atom is 0.137 e. The quantitative estimate of drug-likeness (QED) is 0.785. The highest BCUT2D eigenvalue weighted by Gasteiger charge is 2.08. The molecule has 3 aromatic rings. The number of aromatic nitrogens is 2. The number of nitrogens with zero attached hydrogens (tertiary/aromatic N) is 2. The number of aryl methyl sites for hydroxylation is 2. The van der Waals surface area contributed by atoms with Crippen molar-refractivity contribution in [1.82, 2.24) is 9.38 Å². The highest BCUT2D eigenvalue weighted by molar-refractivity contribution is 5.48. The summed E-state index contributed by atoms with van der Waals surface area (Å²) in [4.78, 5) is 4.52. The molecule has 0 aliphatic rings. The maximum atomic E-state index is 13.2. The number of fused-ring (bicyclic) bond motifs is 1. The fraction of sp³-hybridized carbons (Fsp3) is 0.188. The van der Waals surface area contributed by atoms with Gasteiger partial charge >= 0.3 is 0 Å². The summed E-state index contributed by atoms with van der Waals surface area (Å²) in [6.45, 7) is 4.42. The minimum atomic E-state index is -0.179. The Hall–Kier alpha value is -2.36. The first-order valence-electron chi connectivity index (χ1n) is 6.58. The molecule has 1 aromatic carbocycles. The number of hydrogen-bond acceptors (Lipinski definition) is 2. The van der Waals surface area contributed by atoms with Gasteiger partial charge in [-0.2, -0.15) is 0 Å². The highest BCUT2D eigenvalue weighted by atomic mass is 19.1. The van der Waals surface area contributed by atoms with E-state index in [1.54, 1.807) is 13.0 Å². The summed E-state index contributed by atoms with van der Waals surface area (Å²) in [5, 5.41) is 3.32. The van der Waals surface area contributed by atoms with Gasteiger partial charge in [-0.25, -0.2) is 9.37 Å². The molecule has 0 amide bonds. The van der Waals surface area contributed by atoms with Crippen molar-refractivity contribution in [3.63, 3.8) is 0 Å². The molecule has 0 aliphatic carbocycles. The van der Waals surface area contributed by atoms with Crippen molar-refractivity contribution < 1.29 is 4.39 Å². The van der Waals surface area contributed by atoms with Crippen LogP contribution in [0.2, 0.25) is 0 Å². The summed E-state index contributed by atoms with van der Waals surface area (Å²) in [5.74, 6) is -0.179. The van der Waals surface area contributed by atoms with E-state index in [-0.39, 0.29) is 5.82 Å². The van der Waals surface area contributed by atoms with Gasteiger partial charge in [-0.1, -0.05) is 6.07 Å². The Bertz CT molecular complexity index is 762. The normalized spacial score (nSPS) is 10.9. The van der Waals surface area contributed by atoms with Crippen LogP contribution in [0.4, 0.5) is 10.1 Å². The van der Waals surface area contributed by atoms with Crippen molar-refractivity contribution in [2.75, 3.05) is 5.32 Å². The third-order valence-corrected chi connectivity index (χ3v) is 3.45. The van der Waals surface area contributed by atoms with Crippen LogP contribution in [0.25, 0.3) is 5.65 Å². The number of rotatable bonds is 3. The summed E-state index contributed by atoms with van der Waals surface area (Å²) in [6.07, 6.45) is 2.00. The lowest BCUT2D eigenvalue weighted by Crippen LogP contribution is -2.04. The SMILES string of the molecule is Cc1cc(NCc2c(C)nc3ccccn23)ccc1F. The van der Waals surface area contributed by atoms with Gasteiger partial charge in [0.15, 0.2) is 0 Å². The molecule has 2 heterocycles. The number of halogens is 1. The lowest BCUT2D eigenvalue weighted by Gasteiger charge is -2.08. The van der Waals surface area contributed by atoms with Gasteiger partial charge in [0.05, 0.1) is 17.9 Å². The Morgan fingerprint density at radius 1 is 1.20 bits per heavy atom. The molecule has 0 saturated carbocycles. The molecule has 4 heteroatoms. The molecule has 0 saturated heterocycles. The van der Waals surface area contributed by atoms with Crippen molar-refractivity contribution in [3.8, 4) is 0 Å². The molecule has 0 atom stereocenters. The fourth-order valence-corrected chi connectivity index (χ4v) is 2.32. The average molecular weight is 269 g/mol. The summed E-state index contributed by atoms with van der Waals surface area (Å²) in [5.41, 5.74) is 4.61. The summed E-state index contributed by atoms with van der Waals surface area (Å²) in [7, 11) is 0. The van der Waals surface area contributed by atoms with E-state index in [2.05, 4.69) is 14.7 Å². The van der Waals surface area contributed by atoms with Crippen LogP contribution < -0.4 is 5.32 Å². The zero-order valence-electron chi connectivity index (χ0n) is 11.5. The Labute approximate surface area is 117 Å². The fourth-order valence-electron chi connectivity index (χ4n) is 2.32. The molecule has 20 heavy (non-hydrogen) atoms. The van der Waals surface area contributed by atoms with E-state index in [9.17, 15) is 4.39 Å². The summed E-state index contributed by atoms with van der Waals surface area (Å²) in [6, 6.07) is 11.0. The van der Waals surface area contributed by atoms with Gasteiger partial charge < -0.3 is 9.72 Å². The molecule has 3 nitrogen and oxygen atoms in total. The second kappa shape index (κ2) is 4.96. The van der Waals surface area contributed by atoms with Crippen molar-refractivity contribution in [1.29, 1.82) is 0 Å². The van der Waals surface area contributed by atoms with Gasteiger partial charge in [-0.05, 0) is 49.7 Å². The van der Waals surface area contributed by atoms with E-state index in [1.165, 1.54) is 6.07 Å². The molecule has 0 unspecified atom stereocenters. The van der Waals surface area contributed by atoms with Crippen LogP contribution >= 0.6 is 0 Å². The van der Waals surface area contributed by atoms with Crippen molar-refractivity contribution in [2.45, 2.75) is 20.4 Å². The van der Waals surface area contributed by atoms with E-state index in [1.807, 2.05) is 37.4 Å². The molecule has 0 aliphatic heterocycles. The van der Waals surface area contributed by atoms with Crippen molar-refractivity contribution >= 4 is 11.3 Å². The predicted octanol–water partition coefficient (Wildman–Crippen LogP) is 3.70.